The molecule has 12 nitrogen and oxygen atoms in total. The molecule has 44 heavy (non-hydrogen) atoms. The van der Waals surface area contributed by atoms with Crippen LogP contribution in [0.15, 0.2) is 60.7 Å². The van der Waals surface area contributed by atoms with Crippen molar-refractivity contribution in [3.63, 3.8) is 0 Å². The second-order valence-corrected chi connectivity index (χ2v) is 12.5. The molecule has 2 aromatic rings. The van der Waals surface area contributed by atoms with Gasteiger partial charge in [0.2, 0.25) is 5.85 Å². The van der Waals surface area contributed by atoms with Gasteiger partial charge in [0, 0.05) is 13.1 Å². The Morgan fingerprint density at radius 2 is 1.68 bits per heavy atom. The number of unbranched alkanes of at least 4 members (excludes halogenated alkanes) is 2. The SMILES string of the molecule is CCCCC(OC(=O)c1ccccc1)P(=O)(O)O[C@@H](CCCCNC(=O)OCc1ccccc1)C(=O)N1CCC[C@H]1C(=O)O. The summed E-state index contributed by atoms with van der Waals surface area (Å²) in [7, 11) is -4.74. The van der Waals surface area contributed by atoms with Crippen LogP contribution in [0.4, 0.5) is 4.79 Å². The monoisotopic (exact) mass is 632 g/mol. The Kier molecular flexibility index (Phi) is 13.9. The molecule has 0 radical (unpaired) electrons. The summed E-state index contributed by atoms with van der Waals surface area (Å²) < 4.78 is 29.8. The largest absolute Gasteiger partial charge is 0.480 e. The highest BCUT2D eigenvalue weighted by atomic mass is 31.2. The summed E-state index contributed by atoms with van der Waals surface area (Å²) in [5, 5.41) is 12.2. The van der Waals surface area contributed by atoms with Crippen LogP contribution in [0.2, 0.25) is 0 Å². The highest BCUT2D eigenvalue weighted by Crippen LogP contribution is 2.52. The van der Waals surface area contributed by atoms with Crippen LogP contribution in [0.1, 0.15) is 74.2 Å². The van der Waals surface area contributed by atoms with Gasteiger partial charge in [0.15, 0.2) is 0 Å². The van der Waals surface area contributed by atoms with E-state index in [1.165, 1.54) is 12.1 Å². The van der Waals surface area contributed by atoms with Crippen LogP contribution in [0.3, 0.4) is 0 Å². The lowest BCUT2D eigenvalue weighted by atomic mass is 10.1. The Balaban J connectivity index is 1.65. The Hall–Kier alpha value is -3.73. The van der Waals surface area contributed by atoms with Crippen molar-refractivity contribution in [2.24, 2.45) is 0 Å². The number of benzene rings is 2. The van der Waals surface area contributed by atoms with Gasteiger partial charge in [-0.1, -0.05) is 61.9 Å². The number of nitrogens with zero attached hydrogens (tertiary/aromatic N) is 1. The minimum absolute atomic E-state index is 0.0277. The molecule has 4 atom stereocenters. The van der Waals surface area contributed by atoms with E-state index in [1.54, 1.807) is 18.2 Å². The van der Waals surface area contributed by atoms with Gasteiger partial charge in [-0.2, -0.15) is 0 Å². The lowest BCUT2D eigenvalue weighted by molar-refractivity contribution is -0.151. The van der Waals surface area contributed by atoms with E-state index in [-0.39, 0.29) is 44.5 Å². The first-order chi connectivity index (χ1) is 21.1. The summed E-state index contributed by atoms with van der Waals surface area (Å²) in [5.74, 6) is -4.22. The smallest absolute Gasteiger partial charge is 0.407 e. The maximum atomic E-state index is 13.6. The first kappa shape index (κ1) is 34.8. The van der Waals surface area contributed by atoms with Crippen LogP contribution in [-0.2, 0) is 34.8 Å². The molecule has 1 aliphatic rings. The van der Waals surface area contributed by atoms with E-state index in [1.807, 2.05) is 37.3 Å². The van der Waals surface area contributed by atoms with Gasteiger partial charge in [0.05, 0.1) is 5.56 Å². The second kappa shape index (κ2) is 17.5. The van der Waals surface area contributed by atoms with E-state index in [0.29, 0.717) is 32.1 Å². The van der Waals surface area contributed by atoms with Gasteiger partial charge in [-0.15, -0.1) is 0 Å². The molecule has 0 aliphatic carbocycles. The molecular formula is C31H41N2O10P. The Bertz CT molecular complexity index is 1280. The number of carboxylic acid groups (broad SMARTS) is 1. The van der Waals surface area contributed by atoms with Crippen molar-refractivity contribution in [2.75, 3.05) is 13.1 Å². The predicted octanol–water partition coefficient (Wildman–Crippen LogP) is 5.10. The topological polar surface area (TPSA) is 169 Å². The number of alkyl carbamates (subject to hydrolysis) is 1. The summed E-state index contributed by atoms with van der Waals surface area (Å²) in [5.41, 5.74) is 1.03. The molecule has 2 unspecified atom stereocenters. The van der Waals surface area contributed by atoms with Crippen molar-refractivity contribution in [3.8, 4) is 0 Å². The number of ether oxygens (including phenoxy) is 2. The molecule has 0 aromatic heterocycles. The van der Waals surface area contributed by atoms with Crippen LogP contribution in [0.25, 0.3) is 0 Å². The lowest BCUT2D eigenvalue weighted by Crippen LogP contribution is -2.46. The van der Waals surface area contributed by atoms with E-state index in [9.17, 15) is 33.7 Å². The molecule has 1 fully saturated rings. The fourth-order valence-electron chi connectivity index (χ4n) is 4.80. The zero-order valence-electron chi connectivity index (χ0n) is 24.8. The minimum atomic E-state index is -4.74. The third-order valence-corrected chi connectivity index (χ3v) is 8.82. The van der Waals surface area contributed by atoms with Crippen molar-refractivity contribution >= 4 is 31.5 Å². The van der Waals surface area contributed by atoms with E-state index >= 15 is 0 Å². The summed E-state index contributed by atoms with van der Waals surface area (Å²) in [6.45, 7) is 2.36. The van der Waals surface area contributed by atoms with E-state index in [4.69, 9.17) is 14.0 Å². The lowest BCUT2D eigenvalue weighted by Gasteiger charge is -2.30. The average molecular weight is 633 g/mol. The first-order valence-electron chi connectivity index (χ1n) is 14.9. The number of carbonyl (C=O) groups excluding carboxylic acids is 3. The molecule has 0 bridgehead atoms. The molecule has 1 saturated heterocycles. The quantitative estimate of drug-likeness (QED) is 0.121. The van der Waals surface area contributed by atoms with Crippen LogP contribution >= 0.6 is 7.60 Å². The Morgan fingerprint density at radius 1 is 1.00 bits per heavy atom. The van der Waals surface area contributed by atoms with Crippen molar-refractivity contribution in [1.82, 2.24) is 10.2 Å². The number of likely N-dealkylation sites (tertiary alicyclic amines) is 1. The fraction of sp³-hybridized carbons (Fsp3) is 0.484. The summed E-state index contributed by atoms with van der Waals surface area (Å²) >= 11 is 0. The first-order valence-corrected chi connectivity index (χ1v) is 16.5. The molecule has 3 rings (SSSR count). The van der Waals surface area contributed by atoms with Crippen LogP contribution < -0.4 is 5.32 Å². The molecule has 2 aromatic carbocycles. The van der Waals surface area contributed by atoms with Gasteiger partial charge < -0.3 is 29.7 Å². The molecule has 2 amide bonds. The van der Waals surface area contributed by atoms with Crippen molar-refractivity contribution in [1.29, 1.82) is 0 Å². The number of hydrogen-bond donors (Lipinski definition) is 3. The summed E-state index contributed by atoms with van der Waals surface area (Å²) in [4.78, 5) is 62.3. The van der Waals surface area contributed by atoms with Gasteiger partial charge in [0.25, 0.3) is 5.91 Å². The molecule has 0 spiro atoms. The minimum Gasteiger partial charge on any atom is -0.480 e. The number of carboxylic acids is 1. The summed E-state index contributed by atoms with van der Waals surface area (Å²) in [6.07, 6.45) is 0.434. The van der Waals surface area contributed by atoms with E-state index in [2.05, 4.69) is 5.32 Å². The van der Waals surface area contributed by atoms with Gasteiger partial charge in [-0.3, -0.25) is 13.9 Å². The van der Waals surface area contributed by atoms with Gasteiger partial charge >= 0.3 is 25.6 Å². The van der Waals surface area contributed by atoms with Gasteiger partial charge in [-0.05, 0) is 62.6 Å². The molecule has 240 valence electrons. The molecule has 1 aliphatic heterocycles. The third kappa shape index (κ3) is 10.8. The Morgan fingerprint density at radius 3 is 2.34 bits per heavy atom. The average Bonchev–Trinajstić information content (AvgIpc) is 3.52. The van der Waals surface area contributed by atoms with Crippen LogP contribution in [-0.4, -0.2) is 69.9 Å². The van der Waals surface area contributed by atoms with Crippen LogP contribution in [0.5, 0.6) is 0 Å². The van der Waals surface area contributed by atoms with Crippen molar-refractivity contribution in [2.45, 2.75) is 82.9 Å². The van der Waals surface area contributed by atoms with E-state index in [0.717, 1.165) is 10.5 Å². The summed E-state index contributed by atoms with van der Waals surface area (Å²) in [6, 6.07) is 16.1. The standard InChI is InChI=1S/C31H41N2O10P/c1-2-3-19-27(42-30(37)24-15-8-5-9-16-24)44(39,40)43-26(28(34)33-21-12-17-25(33)29(35)36)18-10-11-20-32-31(38)41-22-23-13-6-4-7-14-23/h4-9,13-16,25-27H,2-3,10-12,17-22H2,1H3,(H,32,38)(H,35,36)(H,39,40)/t25-,26-,27?/m0/s1. The zero-order chi connectivity index (χ0) is 32.0. The number of rotatable bonds is 17. The highest BCUT2D eigenvalue weighted by molar-refractivity contribution is 7.53. The maximum Gasteiger partial charge on any atom is 0.407 e. The molecular weight excluding hydrogens is 591 g/mol. The maximum absolute atomic E-state index is 13.6. The van der Waals surface area contributed by atoms with Gasteiger partial charge in [-0.25, -0.2) is 14.4 Å². The van der Waals surface area contributed by atoms with Crippen molar-refractivity contribution < 1.29 is 47.7 Å². The highest BCUT2D eigenvalue weighted by Gasteiger charge is 2.43. The van der Waals surface area contributed by atoms with Crippen LogP contribution in [0, 0.1) is 0 Å². The Labute approximate surface area is 257 Å². The molecule has 1 heterocycles. The third-order valence-electron chi connectivity index (χ3n) is 7.17. The fourth-order valence-corrected chi connectivity index (χ4v) is 6.23. The predicted molar refractivity (Wildman–Crippen MR) is 161 cm³/mol. The molecule has 0 saturated carbocycles. The van der Waals surface area contributed by atoms with E-state index < -0.39 is 49.5 Å². The number of hydrogen-bond acceptors (Lipinski definition) is 8. The van der Waals surface area contributed by atoms with Crippen molar-refractivity contribution in [3.05, 3.63) is 71.8 Å². The number of esters is 1. The zero-order valence-corrected chi connectivity index (χ0v) is 25.7. The molecule has 3 N–H and O–H groups in total. The second-order valence-electron chi connectivity index (χ2n) is 10.5. The normalized spacial score (nSPS) is 17.2. The number of amides is 2. The molecule has 13 heteroatoms. The number of nitrogens with one attached hydrogen (secondary N) is 1. The van der Waals surface area contributed by atoms with Gasteiger partial charge in [0.1, 0.15) is 18.8 Å². The number of aliphatic carboxylic acids is 1. The number of carbonyl (C=O) groups is 4.